The van der Waals surface area contributed by atoms with Crippen molar-refractivity contribution < 1.29 is 5.11 Å². The number of fused-ring (bicyclic) bond motifs is 2. The van der Waals surface area contributed by atoms with Crippen LogP contribution in [0.4, 0.5) is 0 Å². The van der Waals surface area contributed by atoms with Crippen LogP contribution < -0.4 is 0 Å². The van der Waals surface area contributed by atoms with Gasteiger partial charge < -0.3 is 5.11 Å². The predicted molar refractivity (Wildman–Crippen MR) is 103 cm³/mol. The fraction of sp³-hybridized carbons (Fsp3) is 0.478. The van der Waals surface area contributed by atoms with E-state index in [1.807, 2.05) is 12.1 Å². The molecule has 2 aliphatic rings. The summed E-state index contributed by atoms with van der Waals surface area (Å²) in [4.78, 5) is 2.73. The molecule has 0 spiro atoms. The molecular formula is C23H29NO. The van der Waals surface area contributed by atoms with Crippen molar-refractivity contribution >= 4 is 0 Å². The SMILES string of the molecule is C[C@H]1C[C@H]2C[C@](c3cccc(O)c3)(CCN2CCc2ccccc2)C1. The van der Waals surface area contributed by atoms with E-state index in [1.54, 1.807) is 6.07 Å². The number of phenols is 1. The minimum Gasteiger partial charge on any atom is -0.508 e. The van der Waals surface area contributed by atoms with E-state index in [9.17, 15) is 5.11 Å². The lowest BCUT2D eigenvalue weighted by Crippen LogP contribution is -2.53. The Kier molecular flexibility index (Phi) is 4.56. The van der Waals surface area contributed by atoms with E-state index < -0.39 is 0 Å². The molecule has 2 bridgehead atoms. The van der Waals surface area contributed by atoms with Crippen LogP contribution in [0.2, 0.25) is 0 Å². The Bertz CT molecular complexity index is 713. The van der Waals surface area contributed by atoms with Crippen molar-refractivity contribution in [2.45, 2.75) is 50.5 Å². The highest BCUT2D eigenvalue weighted by atomic mass is 16.3. The van der Waals surface area contributed by atoms with Crippen molar-refractivity contribution in [2.75, 3.05) is 13.1 Å². The summed E-state index contributed by atoms with van der Waals surface area (Å²) in [5.41, 5.74) is 3.06. The smallest absolute Gasteiger partial charge is 0.115 e. The molecule has 2 nitrogen and oxygen atoms in total. The van der Waals surface area contributed by atoms with Gasteiger partial charge in [0.25, 0.3) is 0 Å². The van der Waals surface area contributed by atoms with Crippen LogP contribution in [0.5, 0.6) is 5.75 Å². The van der Waals surface area contributed by atoms with Gasteiger partial charge in [0.2, 0.25) is 0 Å². The number of rotatable bonds is 4. The summed E-state index contributed by atoms with van der Waals surface area (Å²) in [5.74, 6) is 1.16. The van der Waals surface area contributed by atoms with E-state index in [-0.39, 0.29) is 5.41 Å². The van der Waals surface area contributed by atoms with Crippen molar-refractivity contribution in [1.82, 2.24) is 4.90 Å². The zero-order valence-electron chi connectivity index (χ0n) is 15.2. The third-order valence-corrected chi connectivity index (χ3v) is 6.42. The van der Waals surface area contributed by atoms with Crippen LogP contribution in [0.15, 0.2) is 54.6 Å². The average Bonchev–Trinajstić information content (AvgIpc) is 2.62. The number of likely N-dealkylation sites (tertiary alicyclic amines) is 1. The molecule has 1 saturated heterocycles. The van der Waals surface area contributed by atoms with Crippen LogP contribution in [0.1, 0.15) is 43.7 Å². The third-order valence-electron chi connectivity index (χ3n) is 6.42. The Morgan fingerprint density at radius 3 is 2.72 bits per heavy atom. The van der Waals surface area contributed by atoms with Crippen molar-refractivity contribution in [1.29, 1.82) is 0 Å². The van der Waals surface area contributed by atoms with Crippen molar-refractivity contribution in [3.63, 3.8) is 0 Å². The molecule has 1 aliphatic carbocycles. The van der Waals surface area contributed by atoms with Gasteiger partial charge in [-0.3, -0.25) is 4.90 Å². The normalized spacial score (nSPS) is 29.5. The van der Waals surface area contributed by atoms with Gasteiger partial charge in [-0.2, -0.15) is 0 Å². The van der Waals surface area contributed by atoms with Crippen LogP contribution in [0, 0.1) is 5.92 Å². The van der Waals surface area contributed by atoms with Gasteiger partial charge in [-0.1, -0.05) is 49.4 Å². The number of piperidine rings is 1. The van der Waals surface area contributed by atoms with Gasteiger partial charge in [-0.05, 0) is 73.2 Å². The number of phenolic OH excluding ortho intramolecular Hbond substituents is 1. The molecule has 132 valence electrons. The summed E-state index contributed by atoms with van der Waals surface area (Å²) in [5, 5.41) is 9.96. The third kappa shape index (κ3) is 3.46. The maximum Gasteiger partial charge on any atom is 0.115 e. The van der Waals surface area contributed by atoms with Crippen LogP contribution in [0.3, 0.4) is 0 Å². The van der Waals surface area contributed by atoms with Crippen LogP contribution >= 0.6 is 0 Å². The molecule has 2 heteroatoms. The lowest BCUT2D eigenvalue weighted by atomic mass is 9.60. The number of aromatic hydroxyl groups is 1. The van der Waals surface area contributed by atoms with E-state index in [4.69, 9.17) is 0 Å². The molecule has 0 unspecified atom stereocenters. The summed E-state index contributed by atoms with van der Waals surface area (Å²) in [7, 11) is 0. The molecule has 1 saturated carbocycles. The van der Waals surface area contributed by atoms with E-state index in [0.717, 1.165) is 18.9 Å². The standard InChI is InChI=1S/C23H29NO/c1-18-14-21-17-23(16-18,20-8-5-9-22(25)15-20)11-13-24(21)12-10-19-6-3-2-4-7-19/h2-9,15,18,21,25H,10-14,16-17H2,1H3/t18-,21-,23-/m0/s1. The second-order valence-electron chi connectivity index (χ2n) is 8.26. The topological polar surface area (TPSA) is 23.5 Å². The molecule has 25 heavy (non-hydrogen) atoms. The first-order valence-electron chi connectivity index (χ1n) is 9.72. The second kappa shape index (κ2) is 6.84. The molecule has 0 aromatic heterocycles. The first-order chi connectivity index (χ1) is 12.1. The van der Waals surface area contributed by atoms with Crippen LogP contribution in [-0.2, 0) is 11.8 Å². The molecular weight excluding hydrogens is 306 g/mol. The van der Waals surface area contributed by atoms with Gasteiger partial charge in [-0.25, -0.2) is 0 Å². The highest BCUT2D eigenvalue weighted by molar-refractivity contribution is 5.34. The summed E-state index contributed by atoms with van der Waals surface area (Å²) < 4.78 is 0. The summed E-state index contributed by atoms with van der Waals surface area (Å²) >= 11 is 0. The van der Waals surface area contributed by atoms with Gasteiger partial charge in [0.15, 0.2) is 0 Å². The average molecular weight is 335 g/mol. The Balaban J connectivity index is 1.50. The number of benzene rings is 2. The first kappa shape index (κ1) is 16.7. The molecule has 2 fully saturated rings. The molecule has 1 aliphatic heterocycles. The minimum absolute atomic E-state index is 0.268. The minimum atomic E-state index is 0.268. The zero-order chi connectivity index (χ0) is 17.3. The lowest BCUT2D eigenvalue weighted by Gasteiger charge is -2.53. The van der Waals surface area contributed by atoms with Gasteiger partial charge >= 0.3 is 0 Å². The Morgan fingerprint density at radius 1 is 1.08 bits per heavy atom. The molecule has 2 aromatic rings. The zero-order valence-corrected chi connectivity index (χ0v) is 15.2. The van der Waals surface area contributed by atoms with Gasteiger partial charge in [0.05, 0.1) is 0 Å². The van der Waals surface area contributed by atoms with Crippen molar-refractivity contribution in [3.05, 3.63) is 65.7 Å². The summed E-state index contributed by atoms with van der Waals surface area (Å²) in [6.07, 6.45) is 6.18. The number of nitrogens with zero attached hydrogens (tertiary/aromatic N) is 1. The van der Waals surface area contributed by atoms with E-state index in [0.29, 0.717) is 11.8 Å². The molecule has 4 rings (SSSR count). The van der Waals surface area contributed by atoms with Crippen molar-refractivity contribution in [3.8, 4) is 5.75 Å². The van der Waals surface area contributed by atoms with Gasteiger partial charge in [-0.15, -0.1) is 0 Å². The lowest BCUT2D eigenvalue weighted by molar-refractivity contribution is 0.0299. The van der Waals surface area contributed by atoms with E-state index in [2.05, 4.69) is 48.2 Å². The largest absolute Gasteiger partial charge is 0.508 e. The second-order valence-corrected chi connectivity index (χ2v) is 8.26. The van der Waals surface area contributed by atoms with Gasteiger partial charge in [0, 0.05) is 12.6 Å². The summed E-state index contributed by atoms with van der Waals surface area (Å²) in [6, 6.07) is 19.6. The molecule has 0 radical (unpaired) electrons. The molecule has 0 amide bonds. The monoisotopic (exact) mass is 335 g/mol. The van der Waals surface area contributed by atoms with Crippen LogP contribution in [0.25, 0.3) is 0 Å². The molecule has 1 N–H and O–H groups in total. The Hall–Kier alpha value is -1.80. The fourth-order valence-electron chi connectivity index (χ4n) is 5.28. The maximum absolute atomic E-state index is 9.96. The summed E-state index contributed by atoms with van der Waals surface area (Å²) in [6.45, 7) is 4.75. The predicted octanol–water partition coefficient (Wildman–Crippen LogP) is 4.77. The van der Waals surface area contributed by atoms with E-state index >= 15 is 0 Å². The van der Waals surface area contributed by atoms with Crippen LogP contribution in [-0.4, -0.2) is 29.1 Å². The first-order valence-corrected chi connectivity index (χ1v) is 9.72. The van der Waals surface area contributed by atoms with E-state index in [1.165, 1.54) is 43.4 Å². The molecule has 3 atom stereocenters. The number of hydrogen-bond donors (Lipinski definition) is 1. The van der Waals surface area contributed by atoms with Gasteiger partial charge in [0.1, 0.15) is 5.75 Å². The van der Waals surface area contributed by atoms with Crippen molar-refractivity contribution in [2.24, 2.45) is 5.92 Å². The quantitative estimate of drug-likeness (QED) is 0.870. The Morgan fingerprint density at radius 2 is 1.92 bits per heavy atom. The molecule has 2 aromatic carbocycles. The maximum atomic E-state index is 9.96. The highest BCUT2D eigenvalue weighted by Gasteiger charge is 2.45. The fourth-order valence-corrected chi connectivity index (χ4v) is 5.28. The number of hydrogen-bond acceptors (Lipinski definition) is 2. The molecule has 1 heterocycles. The Labute approximate surface area is 151 Å². The highest BCUT2D eigenvalue weighted by Crippen LogP contribution is 2.49.